The average molecular weight is 285 g/mol. The molecule has 0 bridgehead atoms. The highest BCUT2D eigenvalue weighted by Gasteiger charge is 2.26. The maximum absolute atomic E-state index is 12.5. The number of H-pyrrole nitrogens is 2. The molecule has 4 rings (SSSR count). The Morgan fingerprint density at radius 1 is 1.19 bits per heavy atom. The van der Waals surface area contributed by atoms with Gasteiger partial charge in [-0.2, -0.15) is 10.2 Å². The van der Waals surface area contributed by atoms with Crippen molar-refractivity contribution >= 4 is 5.91 Å². The predicted octanol–water partition coefficient (Wildman–Crippen LogP) is 1.30. The zero-order chi connectivity index (χ0) is 14.2. The monoisotopic (exact) mass is 285 g/mol. The summed E-state index contributed by atoms with van der Waals surface area (Å²) in [5.74, 6) is -0.0395. The molecule has 6 heteroatoms. The van der Waals surface area contributed by atoms with Gasteiger partial charge in [-0.05, 0) is 44.1 Å². The van der Waals surface area contributed by atoms with Gasteiger partial charge in [0.1, 0.15) is 0 Å². The van der Waals surface area contributed by atoms with E-state index in [1.807, 2.05) is 6.20 Å². The number of fused-ring (bicyclic) bond motifs is 2. The average Bonchev–Trinajstić information content (AvgIpc) is 3.13. The molecule has 21 heavy (non-hydrogen) atoms. The first-order valence-corrected chi connectivity index (χ1v) is 7.69. The van der Waals surface area contributed by atoms with E-state index in [0.29, 0.717) is 5.69 Å². The van der Waals surface area contributed by atoms with Crippen molar-refractivity contribution in [1.82, 2.24) is 25.7 Å². The van der Waals surface area contributed by atoms with Crippen molar-refractivity contribution in [3.05, 3.63) is 34.4 Å². The molecule has 3 N–H and O–H groups in total. The van der Waals surface area contributed by atoms with Gasteiger partial charge in [-0.1, -0.05) is 0 Å². The van der Waals surface area contributed by atoms with E-state index in [1.165, 1.54) is 12.0 Å². The van der Waals surface area contributed by atoms with Gasteiger partial charge in [0.15, 0.2) is 5.69 Å². The van der Waals surface area contributed by atoms with Crippen molar-refractivity contribution < 1.29 is 4.79 Å². The summed E-state index contributed by atoms with van der Waals surface area (Å²) in [5, 5.41) is 17.5. The maximum Gasteiger partial charge on any atom is 0.272 e. The van der Waals surface area contributed by atoms with Crippen LogP contribution in [0.15, 0.2) is 6.20 Å². The third kappa shape index (κ3) is 2.24. The Bertz CT molecular complexity index is 671. The highest BCUT2D eigenvalue weighted by atomic mass is 16.2. The van der Waals surface area contributed by atoms with Crippen LogP contribution in [0.3, 0.4) is 0 Å². The molecular weight excluding hydrogens is 266 g/mol. The van der Waals surface area contributed by atoms with Crippen molar-refractivity contribution in [3.63, 3.8) is 0 Å². The summed E-state index contributed by atoms with van der Waals surface area (Å²) in [7, 11) is 0. The number of hydrogen-bond acceptors (Lipinski definition) is 3. The van der Waals surface area contributed by atoms with Gasteiger partial charge >= 0.3 is 0 Å². The molecule has 110 valence electrons. The Hall–Kier alpha value is -2.11. The summed E-state index contributed by atoms with van der Waals surface area (Å²) in [6.07, 6.45) is 8.95. The molecule has 0 spiro atoms. The first kappa shape index (κ1) is 12.6. The van der Waals surface area contributed by atoms with Gasteiger partial charge < -0.3 is 5.32 Å². The van der Waals surface area contributed by atoms with Crippen LogP contribution in [0.25, 0.3) is 0 Å². The van der Waals surface area contributed by atoms with Crippen molar-refractivity contribution in [2.45, 2.75) is 51.0 Å². The molecule has 6 nitrogen and oxygen atoms in total. The smallest absolute Gasteiger partial charge is 0.272 e. The van der Waals surface area contributed by atoms with E-state index in [4.69, 9.17) is 0 Å². The Morgan fingerprint density at radius 2 is 2.10 bits per heavy atom. The van der Waals surface area contributed by atoms with E-state index >= 15 is 0 Å². The zero-order valence-corrected chi connectivity index (χ0v) is 11.9. The van der Waals surface area contributed by atoms with Gasteiger partial charge in [-0.15, -0.1) is 0 Å². The highest BCUT2D eigenvalue weighted by molar-refractivity contribution is 5.94. The fraction of sp³-hybridized carbons (Fsp3) is 0.533. The molecule has 1 unspecified atom stereocenters. The van der Waals surface area contributed by atoms with E-state index in [-0.39, 0.29) is 11.9 Å². The summed E-state index contributed by atoms with van der Waals surface area (Å²) in [6, 6.07) is 0.168. The lowest BCUT2D eigenvalue weighted by atomic mass is 9.93. The molecule has 2 aromatic heterocycles. The summed E-state index contributed by atoms with van der Waals surface area (Å²) in [6.45, 7) is 0. The number of rotatable bonds is 2. The number of aryl methyl sites for hydroxylation is 2. The van der Waals surface area contributed by atoms with Gasteiger partial charge in [-0.25, -0.2) is 0 Å². The number of amides is 1. The minimum absolute atomic E-state index is 0.0395. The van der Waals surface area contributed by atoms with E-state index < -0.39 is 0 Å². The normalized spacial score (nSPS) is 20.7. The summed E-state index contributed by atoms with van der Waals surface area (Å²) < 4.78 is 0. The minimum Gasteiger partial charge on any atom is -0.347 e. The van der Waals surface area contributed by atoms with E-state index in [1.54, 1.807) is 0 Å². The van der Waals surface area contributed by atoms with Crippen LogP contribution < -0.4 is 5.32 Å². The number of aromatic nitrogens is 4. The van der Waals surface area contributed by atoms with Crippen LogP contribution in [-0.4, -0.2) is 32.3 Å². The number of hydrogen-bond donors (Lipinski definition) is 3. The first-order valence-electron chi connectivity index (χ1n) is 7.69. The lowest BCUT2D eigenvalue weighted by Crippen LogP contribution is -2.39. The number of nitrogens with one attached hydrogen (secondary N) is 3. The Morgan fingerprint density at radius 3 is 3.05 bits per heavy atom. The van der Waals surface area contributed by atoms with E-state index in [2.05, 4.69) is 25.7 Å². The molecule has 2 heterocycles. The Balaban J connectivity index is 1.48. The van der Waals surface area contributed by atoms with Crippen LogP contribution >= 0.6 is 0 Å². The molecule has 2 aliphatic carbocycles. The van der Waals surface area contributed by atoms with E-state index in [0.717, 1.165) is 55.5 Å². The van der Waals surface area contributed by atoms with Crippen LogP contribution in [0.5, 0.6) is 0 Å². The second kappa shape index (κ2) is 5.02. The molecule has 0 radical (unpaired) electrons. The molecule has 0 aromatic carbocycles. The SMILES string of the molecule is O=C(NC1CCc2cn[nH]c2C1)c1n[nH]c2c1CCCC2. The number of carbonyl (C=O) groups is 1. The molecule has 0 saturated heterocycles. The minimum atomic E-state index is -0.0395. The molecule has 1 amide bonds. The third-order valence-electron chi connectivity index (χ3n) is 4.63. The zero-order valence-electron chi connectivity index (χ0n) is 11.9. The summed E-state index contributed by atoms with van der Waals surface area (Å²) >= 11 is 0. The van der Waals surface area contributed by atoms with Crippen molar-refractivity contribution in [3.8, 4) is 0 Å². The molecule has 0 saturated carbocycles. The quantitative estimate of drug-likeness (QED) is 0.777. The predicted molar refractivity (Wildman–Crippen MR) is 77.1 cm³/mol. The molecule has 2 aliphatic rings. The van der Waals surface area contributed by atoms with Crippen molar-refractivity contribution in [2.75, 3.05) is 0 Å². The van der Waals surface area contributed by atoms with Gasteiger partial charge in [0, 0.05) is 29.4 Å². The fourth-order valence-corrected chi connectivity index (χ4v) is 3.45. The van der Waals surface area contributed by atoms with Crippen molar-refractivity contribution in [2.24, 2.45) is 0 Å². The largest absolute Gasteiger partial charge is 0.347 e. The van der Waals surface area contributed by atoms with Crippen LogP contribution in [0, 0.1) is 0 Å². The second-order valence-corrected chi connectivity index (χ2v) is 6.02. The maximum atomic E-state index is 12.5. The lowest BCUT2D eigenvalue weighted by molar-refractivity contribution is 0.0927. The van der Waals surface area contributed by atoms with Crippen molar-refractivity contribution in [1.29, 1.82) is 0 Å². The van der Waals surface area contributed by atoms with Gasteiger partial charge in [-0.3, -0.25) is 15.0 Å². The van der Waals surface area contributed by atoms with Crippen LogP contribution in [0.2, 0.25) is 0 Å². The topological polar surface area (TPSA) is 86.5 Å². The van der Waals surface area contributed by atoms with E-state index in [9.17, 15) is 4.79 Å². The van der Waals surface area contributed by atoms with Gasteiger partial charge in [0.2, 0.25) is 0 Å². The summed E-state index contributed by atoms with van der Waals surface area (Å²) in [5.41, 5.74) is 5.29. The van der Waals surface area contributed by atoms with Crippen LogP contribution in [0.1, 0.15) is 52.3 Å². The number of nitrogens with zero attached hydrogens (tertiary/aromatic N) is 2. The molecule has 1 atom stereocenters. The van der Waals surface area contributed by atoms with Crippen LogP contribution in [0.4, 0.5) is 0 Å². The Kier molecular flexibility index (Phi) is 3.02. The highest BCUT2D eigenvalue weighted by Crippen LogP contribution is 2.23. The number of carbonyl (C=O) groups excluding carboxylic acids is 1. The third-order valence-corrected chi connectivity index (χ3v) is 4.63. The molecule has 2 aromatic rings. The molecular formula is C15H19N5O. The number of aromatic amines is 2. The first-order chi connectivity index (χ1) is 10.3. The van der Waals surface area contributed by atoms with Crippen LogP contribution in [-0.2, 0) is 25.7 Å². The molecule has 0 aliphatic heterocycles. The van der Waals surface area contributed by atoms with Gasteiger partial charge in [0.05, 0.1) is 6.20 Å². The standard InChI is InChI=1S/C15H19N5O/c21-15(14-11-3-1-2-4-12(11)19-20-14)17-10-6-5-9-8-16-18-13(9)7-10/h8,10H,1-7H2,(H,16,18)(H,17,21)(H,19,20). The lowest BCUT2D eigenvalue weighted by Gasteiger charge is -2.22. The summed E-state index contributed by atoms with van der Waals surface area (Å²) in [4.78, 5) is 12.5. The fourth-order valence-electron chi connectivity index (χ4n) is 3.45. The second-order valence-electron chi connectivity index (χ2n) is 6.02. The van der Waals surface area contributed by atoms with Gasteiger partial charge in [0.25, 0.3) is 5.91 Å². The Labute approximate surface area is 122 Å². The molecule has 0 fully saturated rings.